The fourth-order valence-corrected chi connectivity index (χ4v) is 1.77. The van der Waals surface area contributed by atoms with Crippen LogP contribution in [0.2, 0.25) is 0 Å². The summed E-state index contributed by atoms with van der Waals surface area (Å²) >= 11 is 4.04. The van der Waals surface area contributed by atoms with Crippen molar-refractivity contribution in [2.75, 3.05) is 20.1 Å². The standard InChI is InChI=1S/C9H16N2O2S/c1-10-4-2-3-5-11-8(12)6-7(14)9(11)13/h7,10,14H,2-6H2,1H3. The maximum Gasteiger partial charge on any atom is 0.242 e. The fourth-order valence-electron chi connectivity index (χ4n) is 1.47. The molecular weight excluding hydrogens is 200 g/mol. The maximum absolute atomic E-state index is 11.4. The number of thiol groups is 1. The third kappa shape index (κ3) is 2.72. The summed E-state index contributed by atoms with van der Waals surface area (Å²) in [5, 5.41) is 2.61. The fraction of sp³-hybridized carbons (Fsp3) is 0.778. The topological polar surface area (TPSA) is 49.4 Å². The molecule has 0 aromatic heterocycles. The van der Waals surface area contributed by atoms with Crippen LogP contribution >= 0.6 is 12.6 Å². The number of carbonyl (C=O) groups is 2. The van der Waals surface area contributed by atoms with Crippen LogP contribution in [0.5, 0.6) is 0 Å². The number of nitrogens with zero attached hydrogens (tertiary/aromatic N) is 1. The van der Waals surface area contributed by atoms with Gasteiger partial charge in [0.1, 0.15) is 0 Å². The molecule has 1 saturated heterocycles. The van der Waals surface area contributed by atoms with Gasteiger partial charge < -0.3 is 5.32 Å². The lowest BCUT2D eigenvalue weighted by Crippen LogP contribution is -2.32. The Balaban J connectivity index is 2.30. The molecule has 1 aliphatic rings. The Morgan fingerprint density at radius 2 is 2.21 bits per heavy atom. The van der Waals surface area contributed by atoms with Crippen LogP contribution in [0.25, 0.3) is 0 Å². The third-order valence-electron chi connectivity index (χ3n) is 2.28. The number of hydrogen-bond acceptors (Lipinski definition) is 4. The van der Waals surface area contributed by atoms with Crippen molar-refractivity contribution in [3.05, 3.63) is 0 Å². The van der Waals surface area contributed by atoms with E-state index in [-0.39, 0.29) is 18.2 Å². The number of rotatable bonds is 5. The minimum atomic E-state index is -0.410. The first kappa shape index (κ1) is 11.5. The summed E-state index contributed by atoms with van der Waals surface area (Å²) in [5.41, 5.74) is 0. The zero-order valence-corrected chi connectivity index (χ0v) is 9.22. The Bertz CT molecular complexity index is 233. The van der Waals surface area contributed by atoms with Gasteiger partial charge in [-0.15, -0.1) is 0 Å². The lowest BCUT2D eigenvalue weighted by Gasteiger charge is -2.13. The molecule has 1 fully saturated rings. The molecule has 1 N–H and O–H groups in total. The van der Waals surface area contributed by atoms with E-state index in [9.17, 15) is 9.59 Å². The second-order valence-corrected chi connectivity index (χ2v) is 4.04. The van der Waals surface area contributed by atoms with Crippen LogP contribution in [0.4, 0.5) is 0 Å². The van der Waals surface area contributed by atoms with Gasteiger partial charge in [0, 0.05) is 13.0 Å². The quantitative estimate of drug-likeness (QED) is 0.388. The molecule has 5 heteroatoms. The Kier molecular flexibility index (Phi) is 4.41. The van der Waals surface area contributed by atoms with Crippen molar-refractivity contribution in [3.8, 4) is 0 Å². The van der Waals surface area contributed by atoms with E-state index in [1.165, 1.54) is 4.90 Å². The van der Waals surface area contributed by atoms with Crippen molar-refractivity contribution in [2.45, 2.75) is 24.5 Å². The highest BCUT2D eigenvalue weighted by Gasteiger charge is 2.35. The minimum absolute atomic E-state index is 0.0838. The summed E-state index contributed by atoms with van der Waals surface area (Å²) in [4.78, 5) is 24.0. The van der Waals surface area contributed by atoms with Crippen LogP contribution in [0.1, 0.15) is 19.3 Å². The molecule has 1 heterocycles. The molecule has 0 aromatic rings. The van der Waals surface area contributed by atoms with Crippen molar-refractivity contribution >= 4 is 24.4 Å². The van der Waals surface area contributed by atoms with Crippen molar-refractivity contribution in [1.82, 2.24) is 10.2 Å². The molecule has 4 nitrogen and oxygen atoms in total. The second kappa shape index (κ2) is 5.36. The van der Waals surface area contributed by atoms with E-state index in [0.29, 0.717) is 6.54 Å². The molecule has 1 atom stereocenters. The highest BCUT2D eigenvalue weighted by molar-refractivity contribution is 7.81. The van der Waals surface area contributed by atoms with Crippen LogP contribution in [0.3, 0.4) is 0 Å². The van der Waals surface area contributed by atoms with E-state index in [0.717, 1.165) is 19.4 Å². The minimum Gasteiger partial charge on any atom is -0.320 e. The highest BCUT2D eigenvalue weighted by Crippen LogP contribution is 2.17. The Hall–Kier alpha value is -0.550. The molecule has 2 amide bonds. The molecule has 0 bridgehead atoms. The van der Waals surface area contributed by atoms with Gasteiger partial charge in [-0.1, -0.05) is 0 Å². The van der Waals surface area contributed by atoms with E-state index in [2.05, 4.69) is 17.9 Å². The molecule has 80 valence electrons. The predicted octanol–water partition coefficient (Wildman–Crippen LogP) is 0.0433. The molecule has 0 radical (unpaired) electrons. The van der Waals surface area contributed by atoms with Crippen LogP contribution in [0.15, 0.2) is 0 Å². The molecule has 1 unspecified atom stereocenters. The monoisotopic (exact) mass is 216 g/mol. The van der Waals surface area contributed by atoms with Crippen molar-refractivity contribution < 1.29 is 9.59 Å². The van der Waals surface area contributed by atoms with Gasteiger partial charge in [0.05, 0.1) is 5.25 Å². The average molecular weight is 216 g/mol. The van der Waals surface area contributed by atoms with E-state index < -0.39 is 5.25 Å². The summed E-state index contributed by atoms with van der Waals surface area (Å²) in [6, 6.07) is 0. The van der Waals surface area contributed by atoms with Crippen molar-refractivity contribution in [3.63, 3.8) is 0 Å². The first-order valence-electron chi connectivity index (χ1n) is 4.83. The van der Waals surface area contributed by atoms with Gasteiger partial charge in [-0.2, -0.15) is 12.6 Å². The summed E-state index contributed by atoms with van der Waals surface area (Å²) in [5.74, 6) is -0.220. The average Bonchev–Trinajstić information content (AvgIpc) is 2.38. The summed E-state index contributed by atoms with van der Waals surface area (Å²) in [6.45, 7) is 1.46. The van der Waals surface area contributed by atoms with Gasteiger partial charge in [-0.05, 0) is 26.4 Å². The number of nitrogens with one attached hydrogen (secondary N) is 1. The van der Waals surface area contributed by atoms with Crippen LogP contribution < -0.4 is 5.32 Å². The normalized spacial score (nSPS) is 22.1. The number of likely N-dealkylation sites (tertiary alicyclic amines) is 1. The van der Waals surface area contributed by atoms with E-state index in [1.54, 1.807) is 0 Å². The molecule has 1 rings (SSSR count). The largest absolute Gasteiger partial charge is 0.320 e. The molecular formula is C9H16N2O2S. The summed E-state index contributed by atoms with van der Waals surface area (Å²) in [6.07, 6.45) is 2.09. The van der Waals surface area contributed by atoms with Crippen LogP contribution in [-0.4, -0.2) is 42.1 Å². The lowest BCUT2D eigenvalue weighted by molar-refractivity contribution is -0.138. The van der Waals surface area contributed by atoms with Gasteiger partial charge in [-0.25, -0.2) is 0 Å². The second-order valence-electron chi connectivity index (χ2n) is 3.41. The molecule has 14 heavy (non-hydrogen) atoms. The highest BCUT2D eigenvalue weighted by atomic mass is 32.1. The third-order valence-corrected chi connectivity index (χ3v) is 2.68. The van der Waals surface area contributed by atoms with Gasteiger partial charge in [-0.3, -0.25) is 14.5 Å². The zero-order valence-electron chi connectivity index (χ0n) is 8.32. The number of unbranched alkanes of at least 4 members (excludes halogenated alkanes) is 1. The molecule has 0 saturated carbocycles. The van der Waals surface area contributed by atoms with E-state index in [1.807, 2.05) is 7.05 Å². The van der Waals surface area contributed by atoms with Gasteiger partial charge in [0.15, 0.2) is 0 Å². The molecule has 0 aliphatic carbocycles. The summed E-state index contributed by atoms with van der Waals surface area (Å²) < 4.78 is 0. The van der Waals surface area contributed by atoms with Crippen LogP contribution in [0, 0.1) is 0 Å². The number of amides is 2. The molecule has 0 spiro atoms. The smallest absolute Gasteiger partial charge is 0.242 e. The zero-order chi connectivity index (χ0) is 10.6. The van der Waals surface area contributed by atoms with Gasteiger partial charge in [0.2, 0.25) is 11.8 Å². The SMILES string of the molecule is CNCCCCN1C(=O)CC(S)C1=O. The summed E-state index contributed by atoms with van der Waals surface area (Å²) in [7, 11) is 1.88. The molecule has 1 aliphatic heterocycles. The Morgan fingerprint density at radius 1 is 1.50 bits per heavy atom. The number of carbonyl (C=O) groups excluding carboxylic acids is 2. The lowest BCUT2D eigenvalue weighted by atomic mass is 10.3. The van der Waals surface area contributed by atoms with Crippen LogP contribution in [-0.2, 0) is 9.59 Å². The number of hydrogen-bond donors (Lipinski definition) is 2. The maximum atomic E-state index is 11.4. The first-order chi connectivity index (χ1) is 6.66. The van der Waals surface area contributed by atoms with Crippen molar-refractivity contribution in [1.29, 1.82) is 0 Å². The Labute approximate surface area is 89.4 Å². The van der Waals surface area contributed by atoms with Gasteiger partial charge in [0.25, 0.3) is 0 Å². The van der Waals surface area contributed by atoms with Crippen molar-refractivity contribution in [2.24, 2.45) is 0 Å². The predicted molar refractivity (Wildman–Crippen MR) is 57.3 cm³/mol. The van der Waals surface area contributed by atoms with Gasteiger partial charge >= 0.3 is 0 Å². The van der Waals surface area contributed by atoms with E-state index >= 15 is 0 Å². The molecule has 0 aromatic carbocycles. The number of imide groups is 1. The van der Waals surface area contributed by atoms with E-state index in [4.69, 9.17) is 0 Å². The Morgan fingerprint density at radius 3 is 2.71 bits per heavy atom. The first-order valence-corrected chi connectivity index (χ1v) is 5.35.